The van der Waals surface area contributed by atoms with Crippen molar-refractivity contribution in [3.05, 3.63) is 28.8 Å². The summed E-state index contributed by atoms with van der Waals surface area (Å²) in [6, 6.07) is 4.69. The van der Waals surface area contributed by atoms with Crippen LogP contribution in [0.25, 0.3) is 0 Å². The van der Waals surface area contributed by atoms with Crippen LogP contribution < -0.4 is 4.74 Å². The quantitative estimate of drug-likeness (QED) is 0.537. The second kappa shape index (κ2) is 8.32. The Kier molecular flexibility index (Phi) is 6.36. The number of esters is 1. The van der Waals surface area contributed by atoms with E-state index < -0.39 is 5.60 Å². The highest BCUT2D eigenvalue weighted by Crippen LogP contribution is 2.53. The van der Waals surface area contributed by atoms with Gasteiger partial charge in [-0.25, -0.2) is 0 Å². The molecule has 1 fully saturated rings. The molecule has 1 aromatic carbocycles. The number of benzene rings is 1. The first kappa shape index (κ1) is 22.2. The van der Waals surface area contributed by atoms with Crippen LogP contribution in [0.4, 0.5) is 0 Å². The predicted octanol–water partition coefficient (Wildman–Crippen LogP) is 6.56. The summed E-state index contributed by atoms with van der Waals surface area (Å²) < 4.78 is 11.5. The molecule has 2 aliphatic rings. The zero-order valence-electron chi connectivity index (χ0n) is 19.6. The number of rotatable bonds is 4. The highest BCUT2D eigenvalue weighted by molar-refractivity contribution is 5.71. The van der Waals surface area contributed by atoms with Crippen molar-refractivity contribution in [3.63, 3.8) is 0 Å². The number of fused-ring (bicyclic) bond motifs is 4. The molecular weight excluding hydrogens is 360 g/mol. The molecule has 3 atom stereocenters. The van der Waals surface area contributed by atoms with Gasteiger partial charge >= 0.3 is 5.97 Å². The van der Waals surface area contributed by atoms with Gasteiger partial charge in [0.15, 0.2) is 0 Å². The SMILES string of the molecule is COc1cc2c(cc1C(C)C)CC1CCCCCC2(C)C1CC(=O)OC(C)(C)C. The van der Waals surface area contributed by atoms with Gasteiger partial charge in [0.2, 0.25) is 0 Å². The van der Waals surface area contributed by atoms with Crippen LogP contribution in [-0.2, 0) is 21.4 Å². The molecular formula is C26H40O3. The highest BCUT2D eigenvalue weighted by Gasteiger charge is 2.47. The zero-order chi connectivity index (χ0) is 21.4. The van der Waals surface area contributed by atoms with Gasteiger partial charge in [-0.05, 0) is 86.0 Å². The highest BCUT2D eigenvalue weighted by atomic mass is 16.6. The Morgan fingerprint density at radius 2 is 1.93 bits per heavy atom. The van der Waals surface area contributed by atoms with Crippen molar-refractivity contribution in [2.45, 2.75) is 103 Å². The third-order valence-electron chi connectivity index (χ3n) is 7.14. The predicted molar refractivity (Wildman–Crippen MR) is 119 cm³/mol. The Bertz CT molecular complexity index is 743. The molecule has 1 saturated carbocycles. The molecule has 0 aliphatic heterocycles. The summed E-state index contributed by atoms with van der Waals surface area (Å²) >= 11 is 0. The van der Waals surface area contributed by atoms with Crippen LogP contribution in [0.3, 0.4) is 0 Å². The Morgan fingerprint density at radius 3 is 2.55 bits per heavy atom. The van der Waals surface area contributed by atoms with Gasteiger partial charge in [-0.2, -0.15) is 0 Å². The molecule has 0 amide bonds. The number of ether oxygens (including phenoxy) is 2. The lowest BCUT2D eigenvalue weighted by atomic mass is 9.55. The lowest BCUT2D eigenvalue weighted by molar-refractivity contribution is -0.157. The van der Waals surface area contributed by atoms with Gasteiger partial charge < -0.3 is 9.47 Å². The first-order valence-corrected chi connectivity index (χ1v) is 11.5. The first-order valence-electron chi connectivity index (χ1n) is 11.5. The van der Waals surface area contributed by atoms with Gasteiger partial charge in [-0.15, -0.1) is 0 Å². The molecule has 0 heterocycles. The molecule has 29 heavy (non-hydrogen) atoms. The van der Waals surface area contributed by atoms with Gasteiger partial charge in [0.1, 0.15) is 11.4 Å². The Labute approximate surface area is 177 Å². The summed E-state index contributed by atoms with van der Waals surface area (Å²) in [5.41, 5.74) is 3.75. The Morgan fingerprint density at radius 1 is 1.21 bits per heavy atom. The van der Waals surface area contributed by atoms with E-state index in [1.54, 1.807) is 7.11 Å². The largest absolute Gasteiger partial charge is 0.496 e. The maximum atomic E-state index is 12.8. The van der Waals surface area contributed by atoms with Gasteiger partial charge in [-0.3, -0.25) is 4.79 Å². The molecule has 3 unspecified atom stereocenters. The third-order valence-corrected chi connectivity index (χ3v) is 7.14. The average molecular weight is 401 g/mol. The van der Waals surface area contributed by atoms with Crippen molar-refractivity contribution in [1.29, 1.82) is 0 Å². The summed E-state index contributed by atoms with van der Waals surface area (Å²) in [5.74, 6) is 2.27. The van der Waals surface area contributed by atoms with Crippen LogP contribution in [0, 0.1) is 11.8 Å². The topological polar surface area (TPSA) is 35.5 Å². The maximum Gasteiger partial charge on any atom is 0.306 e. The van der Waals surface area contributed by atoms with E-state index in [2.05, 4.69) is 32.9 Å². The summed E-state index contributed by atoms with van der Waals surface area (Å²) in [6.45, 7) is 12.7. The molecule has 3 rings (SSSR count). The summed E-state index contributed by atoms with van der Waals surface area (Å²) in [6.07, 6.45) is 7.73. The normalized spacial score (nSPS) is 27.0. The van der Waals surface area contributed by atoms with Crippen LogP contribution >= 0.6 is 0 Å². The van der Waals surface area contributed by atoms with E-state index in [-0.39, 0.29) is 11.4 Å². The molecule has 0 aromatic heterocycles. The van der Waals surface area contributed by atoms with E-state index in [4.69, 9.17) is 9.47 Å². The fourth-order valence-corrected chi connectivity index (χ4v) is 5.77. The zero-order valence-corrected chi connectivity index (χ0v) is 19.6. The van der Waals surface area contributed by atoms with Crippen LogP contribution in [0.1, 0.15) is 103 Å². The summed E-state index contributed by atoms with van der Waals surface area (Å²) in [4.78, 5) is 12.8. The van der Waals surface area contributed by atoms with Crippen molar-refractivity contribution < 1.29 is 14.3 Å². The molecule has 0 radical (unpaired) electrons. The van der Waals surface area contributed by atoms with Gasteiger partial charge in [0.25, 0.3) is 0 Å². The monoisotopic (exact) mass is 400 g/mol. The Hall–Kier alpha value is -1.51. The van der Waals surface area contributed by atoms with Gasteiger partial charge in [0, 0.05) is 6.42 Å². The molecule has 0 spiro atoms. The number of methoxy groups -OCH3 is 1. The minimum Gasteiger partial charge on any atom is -0.496 e. The minimum absolute atomic E-state index is 0.00162. The molecule has 162 valence electrons. The fourth-order valence-electron chi connectivity index (χ4n) is 5.77. The van der Waals surface area contributed by atoms with Crippen molar-refractivity contribution in [2.75, 3.05) is 7.11 Å². The van der Waals surface area contributed by atoms with Crippen LogP contribution in [0.15, 0.2) is 12.1 Å². The Balaban J connectivity index is 2.04. The van der Waals surface area contributed by atoms with Crippen molar-refractivity contribution in [2.24, 2.45) is 11.8 Å². The molecule has 1 aromatic rings. The van der Waals surface area contributed by atoms with Gasteiger partial charge in [0.05, 0.1) is 7.11 Å². The first-order chi connectivity index (χ1) is 13.5. The van der Waals surface area contributed by atoms with E-state index in [0.717, 1.165) is 18.6 Å². The number of hydrogen-bond donors (Lipinski definition) is 0. The van der Waals surface area contributed by atoms with Crippen molar-refractivity contribution >= 4 is 5.97 Å². The van der Waals surface area contributed by atoms with Crippen molar-refractivity contribution in [3.8, 4) is 5.75 Å². The van der Waals surface area contributed by atoms with Crippen molar-refractivity contribution in [1.82, 2.24) is 0 Å². The molecule has 0 saturated heterocycles. The van der Waals surface area contributed by atoms with E-state index >= 15 is 0 Å². The van der Waals surface area contributed by atoms with E-state index in [9.17, 15) is 4.79 Å². The number of hydrogen-bond acceptors (Lipinski definition) is 3. The van der Waals surface area contributed by atoms with Crippen LogP contribution in [0.5, 0.6) is 5.75 Å². The number of carbonyl (C=O) groups is 1. The van der Waals surface area contributed by atoms with Gasteiger partial charge in [-0.1, -0.05) is 46.1 Å². The maximum absolute atomic E-state index is 12.8. The van der Waals surface area contributed by atoms with E-state index in [0.29, 0.717) is 24.2 Å². The minimum atomic E-state index is -0.429. The molecule has 3 nitrogen and oxygen atoms in total. The standard InChI is InChI=1S/C26H40O3/c1-17(2)20-14-19-13-18-11-9-8-10-12-26(6,21(19)15-23(20)28-7)22(18)16-24(27)29-25(3,4)5/h14-15,17-18,22H,8-13,16H2,1-7H3. The second-order valence-electron chi connectivity index (χ2n) is 10.8. The fraction of sp³-hybridized carbons (Fsp3) is 0.731. The molecule has 2 bridgehead atoms. The molecule has 0 N–H and O–H groups in total. The second-order valence-corrected chi connectivity index (χ2v) is 10.8. The average Bonchev–Trinajstić information content (AvgIpc) is 2.61. The number of carbonyl (C=O) groups excluding carboxylic acids is 1. The van der Waals surface area contributed by atoms with Crippen LogP contribution in [-0.4, -0.2) is 18.7 Å². The third kappa shape index (κ3) is 4.64. The summed E-state index contributed by atoms with van der Waals surface area (Å²) in [5, 5.41) is 0. The molecule has 3 heteroatoms. The van der Waals surface area contributed by atoms with E-state index in [1.807, 2.05) is 20.8 Å². The lowest BCUT2D eigenvalue weighted by Gasteiger charge is -2.49. The molecule has 2 aliphatic carbocycles. The summed E-state index contributed by atoms with van der Waals surface area (Å²) in [7, 11) is 1.78. The smallest absolute Gasteiger partial charge is 0.306 e. The lowest BCUT2D eigenvalue weighted by Crippen LogP contribution is -2.45. The van der Waals surface area contributed by atoms with Crippen LogP contribution in [0.2, 0.25) is 0 Å². The van der Waals surface area contributed by atoms with E-state index in [1.165, 1.54) is 42.4 Å².